The average molecular weight is 282 g/mol. The average Bonchev–Trinajstić information content (AvgIpc) is 2.39. The first-order chi connectivity index (χ1) is 8.77. The highest BCUT2D eigenvalue weighted by atomic mass is 33.1. The summed E-state index contributed by atoms with van der Waals surface area (Å²) < 4.78 is 5.13. The van der Waals surface area contributed by atoms with Crippen LogP contribution >= 0.6 is 21.6 Å². The van der Waals surface area contributed by atoms with Gasteiger partial charge in [-0.2, -0.15) is 0 Å². The number of rotatable bonds is 8. The van der Waals surface area contributed by atoms with Crippen molar-refractivity contribution < 1.29 is 14.3 Å². The van der Waals surface area contributed by atoms with Crippen molar-refractivity contribution in [2.75, 3.05) is 11.5 Å². The van der Waals surface area contributed by atoms with Crippen molar-refractivity contribution in [1.29, 1.82) is 0 Å². The Kier molecular flexibility index (Phi) is 7.29. The summed E-state index contributed by atoms with van der Waals surface area (Å²) in [6, 6.07) is 6.68. The molecule has 1 aromatic carbocycles. The summed E-state index contributed by atoms with van der Waals surface area (Å²) >= 11 is 0. The summed E-state index contributed by atoms with van der Waals surface area (Å²) in [4.78, 5) is 22.3. The maximum absolute atomic E-state index is 11.5. The second-order valence-corrected chi connectivity index (χ2v) is 5.90. The van der Waals surface area contributed by atoms with Crippen LogP contribution in [0.2, 0.25) is 0 Å². The van der Waals surface area contributed by atoms with Gasteiger partial charge in [0, 0.05) is 11.5 Å². The Hall–Kier alpha value is -1.20. The number of aldehydes is 1. The van der Waals surface area contributed by atoms with Gasteiger partial charge in [-0.3, -0.25) is 9.59 Å². The molecule has 0 bridgehead atoms. The van der Waals surface area contributed by atoms with Gasteiger partial charge in [-0.25, -0.2) is 0 Å². The molecule has 18 heavy (non-hydrogen) atoms. The number of esters is 1. The van der Waals surface area contributed by atoms with E-state index < -0.39 is 0 Å². The molecule has 0 saturated heterocycles. The molecule has 96 valence electrons. The van der Waals surface area contributed by atoms with E-state index in [-0.39, 0.29) is 5.97 Å². The van der Waals surface area contributed by atoms with Crippen LogP contribution in [0.5, 0.6) is 5.75 Å². The van der Waals surface area contributed by atoms with Crippen LogP contribution in [-0.2, 0) is 4.79 Å². The molecule has 0 spiro atoms. The first kappa shape index (κ1) is 14.9. The number of ether oxygens (including phenoxy) is 1. The Balaban J connectivity index is 2.35. The highest BCUT2D eigenvalue weighted by Gasteiger charge is 2.08. The third-order valence-electron chi connectivity index (χ3n) is 1.93. The third kappa shape index (κ3) is 5.42. The van der Waals surface area contributed by atoms with Gasteiger partial charge in [0.05, 0.1) is 12.0 Å². The van der Waals surface area contributed by atoms with E-state index >= 15 is 0 Å². The van der Waals surface area contributed by atoms with Crippen molar-refractivity contribution in [2.24, 2.45) is 0 Å². The van der Waals surface area contributed by atoms with Gasteiger partial charge in [-0.05, 0) is 12.1 Å². The molecule has 0 radical (unpaired) electrons. The van der Waals surface area contributed by atoms with Crippen molar-refractivity contribution in [2.45, 2.75) is 6.42 Å². The molecular weight excluding hydrogens is 268 g/mol. The highest BCUT2D eigenvalue weighted by molar-refractivity contribution is 8.76. The van der Waals surface area contributed by atoms with E-state index in [1.54, 1.807) is 45.9 Å². The van der Waals surface area contributed by atoms with Crippen LogP contribution < -0.4 is 4.74 Å². The zero-order valence-electron chi connectivity index (χ0n) is 9.83. The predicted molar refractivity (Wildman–Crippen MR) is 77.2 cm³/mol. The first-order valence-electron chi connectivity index (χ1n) is 5.38. The van der Waals surface area contributed by atoms with Crippen LogP contribution in [0, 0.1) is 0 Å². The summed E-state index contributed by atoms with van der Waals surface area (Å²) in [5.41, 5.74) is 0.388. The topological polar surface area (TPSA) is 43.4 Å². The van der Waals surface area contributed by atoms with Gasteiger partial charge in [0.15, 0.2) is 6.29 Å². The quantitative estimate of drug-likeness (QED) is 0.183. The van der Waals surface area contributed by atoms with Crippen molar-refractivity contribution in [3.8, 4) is 5.75 Å². The summed E-state index contributed by atoms with van der Waals surface area (Å²) in [7, 11) is 3.25. The minimum atomic E-state index is -0.323. The van der Waals surface area contributed by atoms with Gasteiger partial charge < -0.3 is 4.74 Å². The second kappa shape index (κ2) is 8.83. The van der Waals surface area contributed by atoms with E-state index in [1.165, 1.54) is 0 Å². The number of benzene rings is 1. The predicted octanol–water partition coefficient (Wildman–Crippen LogP) is 3.36. The van der Waals surface area contributed by atoms with Gasteiger partial charge in [0.25, 0.3) is 0 Å². The van der Waals surface area contributed by atoms with E-state index in [1.807, 2.05) is 6.08 Å². The molecule has 1 aromatic rings. The number of hydrogen-bond acceptors (Lipinski definition) is 5. The first-order valence-corrected chi connectivity index (χ1v) is 7.87. The fourth-order valence-corrected chi connectivity index (χ4v) is 2.87. The van der Waals surface area contributed by atoms with Gasteiger partial charge in [0.1, 0.15) is 5.75 Å². The van der Waals surface area contributed by atoms with Gasteiger partial charge in [0.2, 0.25) is 0 Å². The van der Waals surface area contributed by atoms with E-state index in [9.17, 15) is 9.59 Å². The molecule has 1 rings (SSSR count). The summed E-state index contributed by atoms with van der Waals surface area (Å²) in [5, 5.41) is 0. The van der Waals surface area contributed by atoms with Gasteiger partial charge >= 0.3 is 5.97 Å². The maximum atomic E-state index is 11.5. The largest absolute Gasteiger partial charge is 0.426 e. The molecule has 0 aliphatic carbocycles. The number of para-hydroxylation sites is 1. The molecule has 0 aliphatic heterocycles. The lowest BCUT2D eigenvalue weighted by Crippen LogP contribution is -2.09. The molecule has 5 heteroatoms. The van der Waals surface area contributed by atoms with Crippen LogP contribution in [0.4, 0.5) is 0 Å². The monoisotopic (exact) mass is 282 g/mol. The number of carbonyl (C=O) groups is 2. The van der Waals surface area contributed by atoms with Crippen molar-refractivity contribution in [3.05, 3.63) is 42.5 Å². The van der Waals surface area contributed by atoms with Crippen LogP contribution in [0.15, 0.2) is 36.9 Å². The Morgan fingerprint density at radius 1 is 1.33 bits per heavy atom. The smallest absolute Gasteiger partial charge is 0.312 e. The molecule has 0 N–H and O–H groups in total. The van der Waals surface area contributed by atoms with E-state index in [0.29, 0.717) is 29.8 Å². The second-order valence-electron chi connectivity index (χ2n) is 3.27. The molecule has 0 saturated carbocycles. The van der Waals surface area contributed by atoms with Gasteiger partial charge in [-0.1, -0.05) is 39.8 Å². The van der Waals surface area contributed by atoms with E-state index in [4.69, 9.17) is 4.74 Å². The molecule has 0 heterocycles. The Labute approximate surface area is 114 Å². The summed E-state index contributed by atoms with van der Waals surface area (Å²) in [5.74, 6) is 1.53. The molecule has 0 aromatic heterocycles. The Morgan fingerprint density at radius 3 is 2.83 bits per heavy atom. The lowest BCUT2D eigenvalue weighted by atomic mass is 10.2. The molecule has 0 aliphatic rings. The third-order valence-corrected chi connectivity index (χ3v) is 4.25. The fraction of sp³-hybridized carbons (Fsp3) is 0.231. The zero-order chi connectivity index (χ0) is 13.2. The summed E-state index contributed by atoms with van der Waals surface area (Å²) in [6.45, 7) is 3.61. The minimum absolute atomic E-state index is 0.321. The standard InChI is InChI=1S/C13H14O3S2/c1-2-8-17-18-9-7-13(15)16-12-6-4-3-5-11(12)10-14/h2-6,10H,1,7-9H2. The lowest BCUT2D eigenvalue weighted by Gasteiger charge is -2.05. The van der Waals surface area contributed by atoms with Crippen molar-refractivity contribution in [3.63, 3.8) is 0 Å². The maximum Gasteiger partial charge on any atom is 0.312 e. The number of hydrogen-bond donors (Lipinski definition) is 0. The van der Waals surface area contributed by atoms with E-state index in [0.717, 1.165) is 5.75 Å². The van der Waals surface area contributed by atoms with Crippen molar-refractivity contribution >= 4 is 33.8 Å². The Morgan fingerprint density at radius 2 is 2.11 bits per heavy atom. The summed E-state index contributed by atoms with van der Waals surface area (Å²) in [6.07, 6.45) is 2.82. The van der Waals surface area contributed by atoms with Crippen LogP contribution in [-0.4, -0.2) is 23.8 Å². The highest BCUT2D eigenvalue weighted by Crippen LogP contribution is 2.22. The SMILES string of the molecule is C=CCSSCCC(=O)Oc1ccccc1C=O. The lowest BCUT2D eigenvalue weighted by molar-refractivity contribution is -0.133. The normalized spacial score (nSPS) is 9.78. The van der Waals surface area contributed by atoms with Crippen LogP contribution in [0.3, 0.4) is 0 Å². The molecule has 0 amide bonds. The molecular formula is C13H14O3S2. The molecule has 3 nitrogen and oxygen atoms in total. The Bertz CT molecular complexity index is 418. The van der Waals surface area contributed by atoms with Gasteiger partial charge in [-0.15, -0.1) is 6.58 Å². The molecule has 0 fully saturated rings. The number of carbonyl (C=O) groups excluding carboxylic acids is 2. The van der Waals surface area contributed by atoms with E-state index in [2.05, 4.69) is 6.58 Å². The zero-order valence-corrected chi connectivity index (χ0v) is 11.5. The van der Waals surface area contributed by atoms with Crippen molar-refractivity contribution in [1.82, 2.24) is 0 Å². The molecule has 0 atom stereocenters. The molecule has 0 unspecified atom stereocenters. The minimum Gasteiger partial charge on any atom is -0.426 e. The fourth-order valence-electron chi connectivity index (χ4n) is 1.12. The van der Waals surface area contributed by atoms with Crippen LogP contribution in [0.25, 0.3) is 0 Å². The van der Waals surface area contributed by atoms with Crippen LogP contribution in [0.1, 0.15) is 16.8 Å².